The summed E-state index contributed by atoms with van der Waals surface area (Å²) in [6.07, 6.45) is 1.76. The van der Waals surface area contributed by atoms with Crippen molar-refractivity contribution in [2.75, 3.05) is 18.9 Å². The zero-order valence-corrected chi connectivity index (χ0v) is 15.0. The van der Waals surface area contributed by atoms with Gasteiger partial charge in [0.05, 0.1) is 10.9 Å². The van der Waals surface area contributed by atoms with Gasteiger partial charge in [-0.3, -0.25) is 4.79 Å². The normalized spacial score (nSPS) is 11.6. The number of aliphatic carboxylic acids is 1. The molecule has 0 spiro atoms. The molecule has 2 aromatic rings. The molecule has 0 aliphatic carbocycles. The largest absolute Gasteiger partial charge is 0.481 e. The maximum Gasteiger partial charge on any atom is 0.321 e. The van der Waals surface area contributed by atoms with Crippen LogP contribution in [0.3, 0.4) is 0 Å². The van der Waals surface area contributed by atoms with E-state index in [1.54, 1.807) is 38.0 Å². The molecule has 0 saturated heterocycles. The number of thioether (sulfide) groups is 1. The van der Waals surface area contributed by atoms with Crippen molar-refractivity contribution in [3.8, 4) is 0 Å². The minimum Gasteiger partial charge on any atom is -0.481 e. The van der Waals surface area contributed by atoms with Crippen molar-refractivity contribution in [1.29, 1.82) is 0 Å². The fraction of sp³-hybridized carbons (Fsp3) is 0.278. The maximum atomic E-state index is 12.2. The molecule has 0 aliphatic rings. The predicted octanol–water partition coefficient (Wildman–Crippen LogP) is 3.56. The third kappa shape index (κ3) is 6.11. The Morgan fingerprint density at radius 1 is 1.28 bits per heavy atom. The number of nitrogens with one attached hydrogen (secondary N) is 1. The van der Waals surface area contributed by atoms with Crippen LogP contribution in [0.2, 0.25) is 0 Å². The average Bonchev–Trinajstić information content (AvgIpc) is 2.61. The van der Waals surface area contributed by atoms with Crippen LogP contribution in [-0.4, -0.2) is 40.6 Å². The highest BCUT2D eigenvalue weighted by Crippen LogP contribution is 2.22. The second-order valence-corrected chi connectivity index (χ2v) is 6.70. The average molecular weight is 359 g/mol. The lowest BCUT2D eigenvalue weighted by Crippen LogP contribution is -2.36. The number of carboxylic acids is 1. The van der Waals surface area contributed by atoms with Crippen molar-refractivity contribution >= 4 is 29.4 Å². The zero-order chi connectivity index (χ0) is 18.2. The number of aromatic nitrogens is 1. The summed E-state index contributed by atoms with van der Waals surface area (Å²) in [6, 6.07) is 13.0. The minimum absolute atomic E-state index is 0.149. The van der Waals surface area contributed by atoms with E-state index < -0.39 is 11.9 Å². The summed E-state index contributed by atoms with van der Waals surface area (Å²) in [5.74, 6) is -0.794. The SMILES string of the molecule is CC(CN(C)C(=O)Nc1cccc(CSc2ccccn2)c1)C(=O)O. The highest BCUT2D eigenvalue weighted by atomic mass is 32.2. The number of carbonyl (C=O) groups excluding carboxylic acids is 1. The predicted molar refractivity (Wildman–Crippen MR) is 98.7 cm³/mol. The van der Waals surface area contributed by atoms with E-state index in [2.05, 4.69) is 10.3 Å². The fourth-order valence-corrected chi connectivity index (χ4v) is 2.92. The van der Waals surface area contributed by atoms with E-state index in [9.17, 15) is 9.59 Å². The topological polar surface area (TPSA) is 82.5 Å². The first-order chi connectivity index (χ1) is 12.0. The van der Waals surface area contributed by atoms with E-state index in [0.29, 0.717) is 5.69 Å². The molecule has 0 saturated carbocycles. The number of hydrogen-bond acceptors (Lipinski definition) is 4. The highest BCUT2D eigenvalue weighted by Gasteiger charge is 2.17. The maximum absolute atomic E-state index is 12.2. The summed E-state index contributed by atoms with van der Waals surface area (Å²) in [5, 5.41) is 12.7. The minimum atomic E-state index is -0.923. The van der Waals surface area contributed by atoms with Crippen LogP contribution in [0.4, 0.5) is 10.5 Å². The second kappa shape index (κ2) is 9.08. The second-order valence-electron chi connectivity index (χ2n) is 5.71. The number of carboxylic acid groups (broad SMARTS) is 1. The quantitative estimate of drug-likeness (QED) is 0.739. The molecule has 0 bridgehead atoms. The number of urea groups is 1. The lowest BCUT2D eigenvalue weighted by atomic mass is 10.2. The van der Waals surface area contributed by atoms with Crippen molar-refractivity contribution in [2.24, 2.45) is 5.92 Å². The van der Waals surface area contributed by atoms with Gasteiger partial charge in [-0.15, -0.1) is 11.8 Å². The molecule has 1 heterocycles. The summed E-state index contributed by atoms with van der Waals surface area (Å²) in [7, 11) is 1.58. The van der Waals surface area contributed by atoms with Gasteiger partial charge in [-0.05, 0) is 29.8 Å². The van der Waals surface area contributed by atoms with E-state index in [-0.39, 0.29) is 12.6 Å². The summed E-state index contributed by atoms with van der Waals surface area (Å²) >= 11 is 1.62. The van der Waals surface area contributed by atoms with Gasteiger partial charge in [0.2, 0.25) is 0 Å². The van der Waals surface area contributed by atoms with Gasteiger partial charge in [-0.25, -0.2) is 9.78 Å². The molecule has 0 radical (unpaired) electrons. The Hall–Kier alpha value is -2.54. The number of amides is 2. The highest BCUT2D eigenvalue weighted by molar-refractivity contribution is 7.98. The third-order valence-corrected chi connectivity index (χ3v) is 4.53. The van der Waals surface area contributed by atoms with Gasteiger partial charge in [-0.1, -0.05) is 25.1 Å². The Labute approximate surface area is 151 Å². The smallest absolute Gasteiger partial charge is 0.321 e. The van der Waals surface area contributed by atoms with Crippen LogP contribution in [0.15, 0.2) is 53.7 Å². The Bertz CT molecular complexity index is 725. The molecule has 25 heavy (non-hydrogen) atoms. The van der Waals surface area contributed by atoms with Crippen LogP contribution >= 0.6 is 11.8 Å². The van der Waals surface area contributed by atoms with Gasteiger partial charge < -0.3 is 15.3 Å². The van der Waals surface area contributed by atoms with E-state index >= 15 is 0 Å². The first kappa shape index (κ1) is 18.8. The van der Waals surface area contributed by atoms with Crippen LogP contribution in [-0.2, 0) is 10.5 Å². The number of rotatable bonds is 7. The molecular formula is C18H21N3O3S. The number of carbonyl (C=O) groups is 2. The molecule has 2 rings (SSSR count). The summed E-state index contributed by atoms with van der Waals surface area (Å²) in [6.45, 7) is 1.72. The van der Waals surface area contributed by atoms with Crippen LogP contribution in [0, 0.1) is 5.92 Å². The molecule has 1 aromatic heterocycles. The molecule has 7 heteroatoms. The molecule has 1 aromatic carbocycles. The first-order valence-corrected chi connectivity index (χ1v) is 8.82. The number of pyridine rings is 1. The Morgan fingerprint density at radius 2 is 2.08 bits per heavy atom. The van der Waals surface area contributed by atoms with Crippen LogP contribution in [0.5, 0.6) is 0 Å². The van der Waals surface area contributed by atoms with Crippen molar-refractivity contribution in [2.45, 2.75) is 17.7 Å². The summed E-state index contributed by atoms with van der Waals surface area (Å²) in [4.78, 5) is 28.7. The lowest BCUT2D eigenvalue weighted by molar-refractivity contribution is -0.141. The van der Waals surface area contributed by atoms with E-state index in [1.165, 1.54) is 4.90 Å². The number of anilines is 1. The van der Waals surface area contributed by atoms with Gasteiger partial charge in [0, 0.05) is 31.2 Å². The van der Waals surface area contributed by atoms with Gasteiger partial charge in [0.25, 0.3) is 0 Å². The fourth-order valence-electron chi connectivity index (χ4n) is 2.12. The Kier molecular flexibility index (Phi) is 6.82. The van der Waals surface area contributed by atoms with Crippen LogP contribution < -0.4 is 5.32 Å². The van der Waals surface area contributed by atoms with Gasteiger partial charge in [0.1, 0.15) is 0 Å². The van der Waals surface area contributed by atoms with Crippen LogP contribution in [0.1, 0.15) is 12.5 Å². The monoisotopic (exact) mass is 359 g/mol. The van der Waals surface area contributed by atoms with E-state index in [0.717, 1.165) is 16.3 Å². The Morgan fingerprint density at radius 3 is 2.76 bits per heavy atom. The van der Waals surface area contributed by atoms with Gasteiger partial charge in [-0.2, -0.15) is 0 Å². The van der Waals surface area contributed by atoms with Gasteiger partial charge in [0.15, 0.2) is 0 Å². The third-order valence-electron chi connectivity index (χ3n) is 3.52. The number of nitrogens with zero attached hydrogens (tertiary/aromatic N) is 2. The van der Waals surface area contributed by atoms with Crippen molar-refractivity contribution in [1.82, 2.24) is 9.88 Å². The molecule has 1 atom stereocenters. The van der Waals surface area contributed by atoms with Crippen LogP contribution in [0.25, 0.3) is 0 Å². The number of hydrogen-bond donors (Lipinski definition) is 2. The molecule has 2 amide bonds. The first-order valence-electron chi connectivity index (χ1n) is 7.83. The van der Waals surface area contributed by atoms with E-state index in [1.807, 2.05) is 36.4 Å². The summed E-state index contributed by atoms with van der Waals surface area (Å²) < 4.78 is 0. The standard InChI is InChI=1S/C18H21N3O3S/c1-13(17(22)23)11-21(2)18(24)20-15-7-5-6-14(10-15)12-25-16-8-3-4-9-19-16/h3-10,13H,11-12H2,1-2H3,(H,20,24)(H,22,23). The van der Waals surface area contributed by atoms with E-state index in [4.69, 9.17) is 5.11 Å². The molecule has 132 valence electrons. The Balaban J connectivity index is 1.92. The summed E-state index contributed by atoms with van der Waals surface area (Å²) in [5.41, 5.74) is 1.74. The number of benzene rings is 1. The molecule has 0 fully saturated rings. The van der Waals surface area contributed by atoms with Crippen molar-refractivity contribution in [3.63, 3.8) is 0 Å². The zero-order valence-electron chi connectivity index (χ0n) is 14.2. The molecule has 1 unspecified atom stereocenters. The molecular weight excluding hydrogens is 338 g/mol. The van der Waals surface area contributed by atoms with Gasteiger partial charge >= 0.3 is 12.0 Å². The lowest BCUT2D eigenvalue weighted by Gasteiger charge is -2.20. The molecule has 2 N–H and O–H groups in total. The molecule has 0 aliphatic heterocycles. The van der Waals surface area contributed by atoms with Crippen molar-refractivity contribution in [3.05, 3.63) is 54.2 Å². The molecule has 6 nitrogen and oxygen atoms in total. The van der Waals surface area contributed by atoms with Crippen molar-refractivity contribution < 1.29 is 14.7 Å².